The molecule has 0 spiro atoms. The van der Waals surface area contributed by atoms with Crippen molar-refractivity contribution in [3.63, 3.8) is 0 Å². The summed E-state index contributed by atoms with van der Waals surface area (Å²) >= 11 is 6.48. The van der Waals surface area contributed by atoms with Crippen molar-refractivity contribution in [2.24, 2.45) is 5.92 Å². The number of halogens is 1. The minimum Gasteiger partial charge on any atom is -0.383 e. The Balaban J connectivity index is 1.34. The second-order valence-corrected chi connectivity index (χ2v) is 9.30. The molecule has 180 valence electrons. The molecule has 4 rings (SSSR count). The molecule has 3 N–H and O–H groups in total. The number of hydrogen-bond acceptors (Lipinski definition) is 8. The standard InChI is InChI=1S/C24H35ClN6O2/c1-32-13-10-26-18-2-4-19(5-3-18)30-23-14-20(21(25)16-29-23)24-27-9-6-22(31-24)28-15-17-7-11-33-12-8-17/h6,9,14,16-19,26H,2-5,7-8,10-13,15H2,1H3,(H,29,30)(H,27,28,31). The summed E-state index contributed by atoms with van der Waals surface area (Å²) in [7, 11) is 1.74. The number of nitrogens with zero attached hydrogens (tertiary/aromatic N) is 3. The summed E-state index contributed by atoms with van der Waals surface area (Å²) in [6.45, 7) is 4.24. The quantitative estimate of drug-likeness (QED) is 0.445. The number of ether oxygens (including phenoxy) is 2. The molecule has 1 saturated carbocycles. The van der Waals surface area contributed by atoms with E-state index in [1.807, 2.05) is 12.1 Å². The maximum Gasteiger partial charge on any atom is 0.163 e. The van der Waals surface area contributed by atoms with Crippen molar-refractivity contribution in [1.29, 1.82) is 0 Å². The molecule has 9 heteroatoms. The lowest BCUT2D eigenvalue weighted by Crippen LogP contribution is -2.38. The van der Waals surface area contributed by atoms with Crippen LogP contribution in [-0.4, -0.2) is 67.1 Å². The van der Waals surface area contributed by atoms with E-state index in [1.165, 1.54) is 0 Å². The number of pyridine rings is 1. The summed E-state index contributed by atoms with van der Waals surface area (Å²) in [6.07, 6.45) is 10.1. The average Bonchev–Trinajstić information content (AvgIpc) is 2.86. The molecule has 1 saturated heterocycles. The number of hydrogen-bond donors (Lipinski definition) is 3. The van der Waals surface area contributed by atoms with E-state index in [4.69, 9.17) is 26.1 Å². The smallest absolute Gasteiger partial charge is 0.163 e. The van der Waals surface area contributed by atoms with Gasteiger partial charge in [0.1, 0.15) is 11.6 Å². The molecule has 3 heterocycles. The molecule has 2 aromatic rings. The first-order valence-electron chi connectivity index (χ1n) is 12.0. The normalized spacial score (nSPS) is 21.6. The van der Waals surface area contributed by atoms with E-state index in [0.29, 0.717) is 28.8 Å². The van der Waals surface area contributed by atoms with Gasteiger partial charge in [0.2, 0.25) is 0 Å². The SMILES string of the molecule is COCCNC1CCC(Nc2cc(-c3nccc(NCC4CCOCC4)n3)c(Cl)cn2)CC1. The van der Waals surface area contributed by atoms with Gasteiger partial charge in [-0.2, -0.15) is 0 Å². The minimum atomic E-state index is 0.403. The number of aromatic nitrogens is 3. The highest BCUT2D eigenvalue weighted by molar-refractivity contribution is 6.33. The van der Waals surface area contributed by atoms with Gasteiger partial charge < -0.3 is 25.4 Å². The van der Waals surface area contributed by atoms with Gasteiger partial charge in [0.25, 0.3) is 0 Å². The first-order chi connectivity index (χ1) is 16.2. The van der Waals surface area contributed by atoms with Gasteiger partial charge >= 0.3 is 0 Å². The van der Waals surface area contributed by atoms with E-state index in [1.54, 1.807) is 19.5 Å². The van der Waals surface area contributed by atoms with Crippen LogP contribution in [-0.2, 0) is 9.47 Å². The van der Waals surface area contributed by atoms with Gasteiger partial charge in [-0.1, -0.05) is 11.6 Å². The summed E-state index contributed by atoms with van der Waals surface area (Å²) < 4.78 is 10.6. The lowest BCUT2D eigenvalue weighted by molar-refractivity contribution is 0.0699. The highest BCUT2D eigenvalue weighted by atomic mass is 35.5. The van der Waals surface area contributed by atoms with Crippen molar-refractivity contribution in [2.45, 2.75) is 50.6 Å². The summed E-state index contributed by atoms with van der Waals surface area (Å²) in [6, 6.07) is 4.83. The molecule has 2 aromatic heterocycles. The van der Waals surface area contributed by atoms with Crippen LogP contribution < -0.4 is 16.0 Å². The molecule has 33 heavy (non-hydrogen) atoms. The first kappa shape index (κ1) is 24.1. The molecule has 1 aliphatic carbocycles. The average molecular weight is 475 g/mol. The predicted octanol–water partition coefficient (Wildman–Crippen LogP) is 3.99. The van der Waals surface area contributed by atoms with E-state index in [9.17, 15) is 0 Å². The minimum absolute atomic E-state index is 0.403. The topological polar surface area (TPSA) is 93.2 Å². The third-order valence-electron chi connectivity index (χ3n) is 6.48. The number of anilines is 2. The van der Waals surface area contributed by atoms with E-state index < -0.39 is 0 Å². The molecule has 0 atom stereocenters. The Morgan fingerprint density at radius 3 is 2.64 bits per heavy atom. The summed E-state index contributed by atoms with van der Waals surface area (Å²) in [5.74, 6) is 2.85. The molecule has 0 radical (unpaired) electrons. The second kappa shape index (κ2) is 12.5. The monoisotopic (exact) mass is 474 g/mol. The highest BCUT2D eigenvalue weighted by Crippen LogP contribution is 2.29. The predicted molar refractivity (Wildman–Crippen MR) is 132 cm³/mol. The van der Waals surface area contributed by atoms with Crippen LogP contribution >= 0.6 is 11.6 Å². The Kier molecular flexibility index (Phi) is 9.11. The Morgan fingerprint density at radius 1 is 1.06 bits per heavy atom. The Hall–Kier alpha value is -2.00. The number of nitrogens with one attached hydrogen (secondary N) is 3. The zero-order valence-electron chi connectivity index (χ0n) is 19.4. The van der Waals surface area contributed by atoms with Gasteiger partial charge in [0.05, 0.1) is 11.6 Å². The van der Waals surface area contributed by atoms with Gasteiger partial charge in [-0.25, -0.2) is 15.0 Å². The van der Waals surface area contributed by atoms with Gasteiger partial charge in [-0.15, -0.1) is 0 Å². The molecule has 1 aliphatic heterocycles. The van der Waals surface area contributed by atoms with Crippen molar-refractivity contribution < 1.29 is 9.47 Å². The zero-order chi connectivity index (χ0) is 22.9. The van der Waals surface area contributed by atoms with Crippen LogP contribution in [0, 0.1) is 5.92 Å². The molecule has 0 bridgehead atoms. The van der Waals surface area contributed by atoms with Crippen LogP contribution in [0.4, 0.5) is 11.6 Å². The summed E-state index contributed by atoms with van der Waals surface area (Å²) in [5, 5.41) is 11.2. The van der Waals surface area contributed by atoms with E-state index >= 15 is 0 Å². The Morgan fingerprint density at radius 2 is 1.85 bits per heavy atom. The van der Waals surface area contributed by atoms with E-state index in [2.05, 4.69) is 25.9 Å². The largest absolute Gasteiger partial charge is 0.383 e. The third-order valence-corrected chi connectivity index (χ3v) is 6.78. The summed E-state index contributed by atoms with van der Waals surface area (Å²) in [5.41, 5.74) is 0.791. The van der Waals surface area contributed by atoms with Crippen LogP contribution in [0.15, 0.2) is 24.5 Å². The van der Waals surface area contributed by atoms with Crippen LogP contribution in [0.3, 0.4) is 0 Å². The third kappa shape index (κ3) is 7.24. The maximum atomic E-state index is 6.48. The molecular formula is C24H35ClN6O2. The fraction of sp³-hybridized carbons (Fsp3) is 0.625. The zero-order valence-corrected chi connectivity index (χ0v) is 20.1. The van der Waals surface area contributed by atoms with Crippen molar-refractivity contribution in [1.82, 2.24) is 20.3 Å². The molecule has 2 fully saturated rings. The molecule has 0 aromatic carbocycles. The van der Waals surface area contributed by atoms with Gasteiger partial charge in [0, 0.05) is 63.5 Å². The molecule has 0 unspecified atom stereocenters. The van der Waals surface area contributed by atoms with E-state index in [-0.39, 0.29) is 0 Å². The number of methoxy groups -OCH3 is 1. The maximum absolute atomic E-state index is 6.48. The summed E-state index contributed by atoms with van der Waals surface area (Å²) in [4.78, 5) is 13.7. The van der Waals surface area contributed by atoms with Gasteiger partial charge in [-0.05, 0) is 56.6 Å². The second-order valence-electron chi connectivity index (χ2n) is 8.89. The lowest BCUT2D eigenvalue weighted by Gasteiger charge is -2.30. The molecule has 2 aliphatic rings. The lowest BCUT2D eigenvalue weighted by atomic mass is 9.91. The van der Waals surface area contributed by atoms with Crippen molar-refractivity contribution in [2.75, 3.05) is 50.7 Å². The first-order valence-corrected chi connectivity index (χ1v) is 12.4. The van der Waals surface area contributed by atoms with Crippen LogP contribution in [0.25, 0.3) is 11.4 Å². The Bertz CT molecular complexity index is 872. The van der Waals surface area contributed by atoms with Crippen LogP contribution in [0.5, 0.6) is 0 Å². The van der Waals surface area contributed by atoms with Gasteiger partial charge in [-0.3, -0.25) is 0 Å². The van der Waals surface area contributed by atoms with E-state index in [0.717, 1.165) is 88.6 Å². The van der Waals surface area contributed by atoms with Crippen molar-refractivity contribution in [3.05, 3.63) is 29.5 Å². The van der Waals surface area contributed by atoms with Crippen LogP contribution in [0.2, 0.25) is 5.02 Å². The van der Waals surface area contributed by atoms with Crippen molar-refractivity contribution in [3.8, 4) is 11.4 Å². The number of rotatable bonds is 10. The Labute approximate surface area is 201 Å². The molecular weight excluding hydrogens is 440 g/mol. The van der Waals surface area contributed by atoms with Crippen molar-refractivity contribution >= 4 is 23.2 Å². The van der Waals surface area contributed by atoms with Crippen LogP contribution in [0.1, 0.15) is 38.5 Å². The molecule has 0 amide bonds. The highest BCUT2D eigenvalue weighted by Gasteiger charge is 2.21. The van der Waals surface area contributed by atoms with Gasteiger partial charge in [0.15, 0.2) is 5.82 Å². The fourth-order valence-electron chi connectivity index (χ4n) is 4.49. The molecule has 8 nitrogen and oxygen atoms in total. The fourth-order valence-corrected chi connectivity index (χ4v) is 4.68.